The zero-order valence-electron chi connectivity index (χ0n) is 13.6. The molecule has 0 saturated heterocycles. The van der Waals surface area contributed by atoms with E-state index < -0.39 is 0 Å². The fourth-order valence-corrected chi connectivity index (χ4v) is 2.55. The fourth-order valence-electron chi connectivity index (χ4n) is 2.55. The second-order valence-electron chi connectivity index (χ2n) is 5.56. The van der Waals surface area contributed by atoms with Crippen LogP contribution < -0.4 is 15.0 Å². The molecule has 6 nitrogen and oxygen atoms in total. The first kappa shape index (κ1) is 16.9. The van der Waals surface area contributed by atoms with Crippen LogP contribution in [-0.2, 0) is 20.9 Å². The van der Waals surface area contributed by atoms with Crippen molar-refractivity contribution in [3.05, 3.63) is 53.8 Å². The molecule has 0 aromatic heterocycles. The van der Waals surface area contributed by atoms with Gasteiger partial charge in [-0.1, -0.05) is 12.1 Å². The molecule has 25 heavy (non-hydrogen) atoms. The van der Waals surface area contributed by atoms with Crippen LogP contribution in [-0.4, -0.2) is 32.1 Å². The maximum atomic E-state index is 13.1. The Balaban J connectivity index is 1.86. The lowest BCUT2D eigenvalue weighted by molar-refractivity contribution is -0.121. The third-order valence-corrected chi connectivity index (χ3v) is 3.72. The summed E-state index contributed by atoms with van der Waals surface area (Å²) < 4.78 is 23.3. The van der Waals surface area contributed by atoms with Crippen LogP contribution in [0.2, 0.25) is 0 Å². The molecule has 0 aliphatic carbocycles. The highest BCUT2D eigenvalue weighted by molar-refractivity contribution is 5.99. The number of nitrogens with one attached hydrogen (secondary N) is 1. The Labute approximate surface area is 144 Å². The summed E-state index contributed by atoms with van der Waals surface area (Å²) in [6.07, 6.45) is 0. The zero-order valence-corrected chi connectivity index (χ0v) is 13.6. The van der Waals surface area contributed by atoms with Gasteiger partial charge >= 0.3 is 0 Å². The predicted molar refractivity (Wildman–Crippen MR) is 90.0 cm³/mol. The van der Waals surface area contributed by atoms with Crippen molar-refractivity contribution in [1.82, 2.24) is 0 Å². The van der Waals surface area contributed by atoms with E-state index in [4.69, 9.17) is 9.47 Å². The molecular weight excluding hydrogens is 327 g/mol. The van der Waals surface area contributed by atoms with Gasteiger partial charge in [-0.15, -0.1) is 0 Å². The molecule has 1 aliphatic heterocycles. The minimum Gasteiger partial charge on any atom is -0.482 e. The SMILES string of the molecule is COCC(=O)Nc1ccc2c(c1)N(Cc1ccc(F)cc1)C(=O)CO2. The van der Waals surface area contributed by atoms with E-state index in [1.165, 1.54) is 19.2 Å². The largest absolute Gasteiger partial charge is 0.482 e. The van der Waals surface area contributed by atoms with Crippen LogP contribution in [0.1, 0.15) is 5.56 Å². The zero-order chi connectivity index (χ0) is 17.8. The van der Waals surface area contributed by atoms with Crippen molar-refractivity contribution in [2.45, 2.75) is 6.54 Å². The van der Waals surface area contributed by atoms with Gasteiger partial charge in [0.05, 0.1) is 12.2 Å². The van der Waals surface area contributed by atoms with Crippen molar-refractivity contribution >= 4 is 23.2 Å². The first-order chi connectivity index (χ1) is 12.1. The second kappa shape index (κ2) is 7.31. The number of hydrogen-bond donors (Lipinski definition) is 1. The topological polar surface area (TPSA) is 67.9 Å². The molecule has 1 N–H and O–H groups in total. The monoisotopic (exact) mass is 344 g/mol. The minimum atomic E-state index is -0.333. The Morgan fingerprint density at radius 2 is 2.04 bits per heavy atom. The molecule has 1 heterocycles. The molecule has 0 spiro atoms. The summed E-state index contributed by atoms with van der Waals surface area (Å²) in [5.41, 5.74) is 1.87. The Morgan fingerprint density at radius 3 is 2.76 bits per heavy atom. The summed E-state index contributed by atoms with van der Waals surface area (Å²) in [6, 6.07) is 11.0. The Hall–Kier alpha value is -2.93. The van der Waals surface area contributed by atoms with Gasteiger partial charge in [0, 0.05) is 12.8 Å². The number of methoxy groups -OCH3 is 1. The number of rotatable bonds is 5. The number of fused-ring (bicyclic) bond motifs is 1. The molecule has 0 atom stereocenters. The molecule has 3 rings (SSSR count). The molecule has 7 heteroatoms. The maximum Gasteiger partial charge on any atom is 0.265 e. The van der Waals surface area contributed by atoms with Crippen molar-refractivity contribution in [1.29, 1.82) is 0 Å². The number of hydrogen-bond acceptors (Lipinski definition) is 4. The van der Waals surface area contributed by atoms with Crippen LogP contribution in [0.5, 0.6) is 5.75 Å². The molecule has 0 unspecified atom stereocenters. The van der Waals surface area contributed by atoms with Gasteiger partial charge in [0.25, 0.3) is 5.91 Å². The number of nitrogens with zero attached hydrogens (tertiary/aromatic N) is 1. The number of benzene rings is 2. The molecular formula is C18H17FN2O4. The summed E-state index contributed by atoms with van der Waals surface area (Å²) in [7, 11) is 1.43. The number of halogens is 1. The molecule has 2 amide bonds. The molecule has 0 radical (unpaired) electrons. The van der Waals surface area contributed by atoms with Crippen molar-refractivity contribution in [3.63, 3.8) is 0 Å². The van der Waals surface area contributed by atoms with Crippen molar-refractivity contribution in [2.24, 2.45) is 0 Å². The Bertz CT molecular complexity index is 792. The van der Waals surface area contributed by atoms with Crippen LogP contribution in [0.25, 0.3) is 0 Å². The lowest BCUT2D eigenvalue weighted by Crippen LogP contribution is -2.38. The summed E-state index contributed by atoms with van der Waals surface area (Å²) in [5, 5.41) is 2.69. The number of amides is 2. The van der Waals surface area contributed by atoms with Gasteiger partial charge in [0.2, 0.25) is 5.91 Å². The Kier molecular flexibility index (Phi) is 4.95. The van der Waals surface area contributed by atoms with Gasteiger partial charge in [0.1, 0.15) is 18.2 Å². The molecule has 0 fully saturated rings. The quantitative estimate of drug-likeness (QED) is 0.904. The average Bonchev–Trinajstić information content (AvgIpc) is 2.59. The van der Waals surface area contributed by atoms with Gasteiger partial charge in [-0.25, -0.2) is 4.39 Å². The molecule has 2 aromatic carbocycles. The molecule has 130 valence electrons. The van der Waals surface area contributed by atoms with Gasteiger partial charge in [-0.2, -0.15) is 0 Å². The van der Waals surface area contributed by atoms with E-state index in [1.54, 1.807) is 35.2 Å². The van der Waals surface area contributed by atoms with Gasteiger partial charge < -0.3 is 19.7 Å². The maximum absolute atomic E-state index is 13.1. The van der Waals surface area contributed by atoms with Gasteiger partial charge in [-0.05, 0) is 35.9 Å². The third kappa shape index (κ3) is 3.95. The summed E-state index contributed by atoms with van der Waals surface area (Å²) in [5.74, 6) is -0.292. The Morgan fingerprint density at radius 1 is 1.28 bits per heavy atom. The minimum absolute atomic E-state index is 0.0637. The summed E-state index contributed by atoms with van der Waals surface area (Å²) >= 11 is 0. The standard InChI is InChI=1S/C18H17FN2O4/c1-24-10-17(22)20-14-6-7-16-15(8-14)21(18(23)11-25-16)9-12-2-4-13(19)5-3-12/h2-8H,9-11H2,1H3,(H,20,22). The number of ether oxygens (including phenoxy) is 2. The van der Waals surface area contributed by atoms with E-state index in [9.17, 15) is 14.0 Å². The van der Waals surface area contributed by atoms with E-state index in [-0.39, 0.29) is 37.4 Å². The van der Waals surface area contributed by atoms with Crippen LogP contribution in [0.4, 0.5) is 15.8 Å². The predicted octanol–water partition coefficient (Wildman–Crippen LogP) is 2.34. The highest BCUT2D eigenvalue weighted by Gasteiger charge is 2.26. The lowest BCUT2D eigenvalue weighted by atomic mass is 10.1. The molecule has 2 aromatic rings. The van der Waals surface area contributed by atoms with Crippen molar-refractivity contribution < 1.29 is 23.5 Å². The first-order valence-corrected chi connectivity index (χ1v) is 7.67. The second-order valence-corrected chi connectivity index (χ2v) is 5.56. The van der Waals surface area contributed by atoms with E-state index in [1.807, 2.05) is 0 Å². The normalized spacial score (nSPS) is 13.2. The highest BCUT2D eigenvalue weighted by Crippen LogP contribution is 2.35. The molecule has 0 bridgehead atoms. The number of carbonyl (C=O) groups is 2. The third-order valence-electron chi connectivity index (χ3n) is 3.72. The van der Waals surface area contributed by atoms with Crippen LogP contribution in [0, 0.1) is 5.82 Å². The lowest BCUT2D eigenvalue weighted by Gasteiger charge is -2.30. The summed E-state index contributed by atoms with van der Waals surface area (Å²) in [6.45, 7) is 0.153. The highest BCUT2D eigenvalue weighted by atomic mass is 19.1. The van der Waals surface area contributed by atoms with Gasteiger partial charge in [-0.3, -0.25) is 9.59 Å². The smallest absolute Gasteiger partial charge is 0.265 e. The van der Waals surface area contributed by atoms with Crippen LogP contribution in [0.15, 0.2) is 42.5 Å². The van der Waals surface area contributed by atoms with E-state index in [0.717, 1.165) is 5.56 Å². The average molecular weight is 344 g/mol. The molecule has 0 saturated carbocycles. The fraction of sp³-hybridized carbons (Fsp3) is 0.222. The number of carbonyl (C=O) groups excluding carboxylic acids is 2. The van der Waals surface area contributed by atoms with E-state index >= 15 is 0 Å². The van der Waals surface area contributed by atoms with Crippen LogP contribution >= 0.6 is 0 Å². The van der Waals surface area contributed by atoms with Crippen LogP contribution in [0.3, 0.4) is 0 Å². The first-order valence-electron chi connectivity index (χ1n) is 7.67. The van der Waals surface area contributed by atoms with Crippen molar-refractivity contribution in [2.75, 3.05) is 30.5 Å². The molecule has 1 aliphatic rings. The van der Waals surface area contributed by atoms with Crippen molar-refractivity contribution in [3.8, 4) is 5.75 Å². The summed E-state index contributed by atoms with van der Waals surface area (Å²) in [4.78, 5) is 25.5. The number of anilines is 2. The van der Waals surface area contributed by atoms with E-state index in [2.05, 4.69) is 5.32 Å². The van der Waals surface area contributed by atoms with E-state index in [0.29, 0.717) is 17.1 Å². The van der Waals surface area contributed by atoms with Gasteiger partial charge in [0.15, 0.2) is 6.61 Å².